The topological polar surface area (TPSA) is 64.6 Å². The molecule has 180 valence electrons. The van der Waals surface area contributed by atoms with Crippen LogP contribution in [0.4, 0.5) is 57.1 Å². The van der Waals surface area contributed by atoms with Gasteiger partial charge in [0.25, 0.3) is 10.0 Å². The van der Waals surface area contributed by atoms with Crippen molar-refractivity contribution in [3.05, 3.63) is 12.1 Å². The molecule has 0 amide bonds. The van der Waals surface area contributed by atoms with E-state index in [2.05, 4.69) is 0 Å². The van der Waals surface area contributed by atoms with E-state index in [1.165, 1.54) is 6.92 Å². The summed E-state index contributed by atoms with van der Waals surface area (Å²) < 4.78 is 195. The van der Waals surface area contributed by atoms with Gasteiger partial charge in [0.05, 0.1) is 0 Å². The molecule has 1 atom stereocenters. The van der Waals surface area contributed by atoms with Crippen LogP contribution in [0.2, 0.25) is 0 Å². The highest BCUT2D eigenvalue weighted by Gasteiger charge is 2.82. The van der Waals surface area contributed by atoms with E-state index in [0.717, 1.165) is 4.72 Å². The van der Waals surface area contributed by atoms with Gasteiger partial charge in [-0.1, -0.05) is 13.3 Å². The first-order valence-electron chi connectivity index (χ1n) is 7.08. The Balaban J connectivity index is 6.27. The summed E-state index contributed by atoms with van der Waals surface area (Å²) in [5.41, 5.74) is 0. The number of unbranched alkanes of at least 4 members (excludes halogenated alkanes) is 1. The molecule has 19 heteroatoms. The number of hydrogen-bond acceptors (Lipinski definition) is 4. The molecule has 0 aromatic carbocycles. The van der Waals surface area contributed by atoms with Gasteiger partial charge in [-0.2, -0.15) is 57.1 Å². The fraction of sp³-hybridized carbons (Fsp3) is 0.818. The first kappa shape index (κ1) is 28.5. The number of halogens is 13. The van der Waals surface area contributed by atoms with Crippen molar-refractivity contribution < 1.29 is 75.0 Å². The number of nitrogens with one attached hydrogen (secondary N) is 1. The van der Waals surface area contributed by atoms with Crippen LogP contribution in [0.5, 0.6) is 0 Å². The minimum atomic E-state index is -7.47. The molecule has 0 heterocycles. The third-order valence-electron chi connectivity index (χ3n) is 2.87. The maximum absolute atomic E-state index is 13.7. The van der Waals surface area contributed by atoms with Crippen LogP contribution in [-0.4, -0.2) is 44.5 Å². The second-order valence-electron chi connectivity index (χ2n) is 5.13. The molecule has 0 bridgehead atoms. The fourth-order valence-corrected chi connectivity index (χ4v) is 2.31. The van der Waals surface area contributed by atoms with Crippen LogP contribution < -0.4 is 4.72 Å². The van der Waals surface area contributed by atoms with Crippen molar-refractivity contribution in [3.8, 4) is 0 Å². The summed E-state index contributed by atoms with van der Waals surface area (Å²) >= 11 is 0. The summed E-state index contributed by atoms with van der Waals surface area (Å²) in [5, 5.41) is -6.81. The fourth-order valence-electron chi connectivity index (χ4n) is 1.37. The van der Waals surface area contributed by atoms with Crippen molar-refractivity contribution in [2.45, 2.75) is 49.3 Å². The Morgan fingerprint density at radius 3 is 1.70 bits per heavy atom. The number of hydrogen-bond donors (Lipinski definition) is 1. The molecule has 0 radical (unpaired) electrons. The van der Waals surface area contributed by atoms with Gasteiger partial charge in [0.15, 0.2) is 0 Å². The van der Waals surface area contributed by atoms with Gasteiger partial charge in [-0.25, -0.2) is 13.1 Å². The van der Waals surface area contributed by atoms with E-state index in [0.29, 0.717) is 0 Å². The highest BCUT2D eigenvalue weighted by atomic mass is 32.2. The van der Waals surface area contributed by atoms with Gasteiger partial charge in [-0.15, -0.1) is 0 Å². The lowest BCUT2D eigenvalue weighted by atomic mass is 10.2. The summed E-state index contributed by atoms with van der Waals surface area (Å²) in [6.45, 7) is 0.385. The predicted molar refractivity (Wildman–Crippen MR) is 69.1 cm³/mol. The molecule has 0 aromatic rings. The standard InChI is InChI=1S/C11H10F13NO4S/c1-2-3-4-25-30(26,27)11(23,24)10(21,22)29-7(15,8(16,17)18)9(19,20)28-6(14)5(12)13/h25H,2-4H2,1H3. The Labute approximate surface area is 158 Å². The number of alkyl halides is 10. The van der Waals surface area contributed by atoms with E-state index in [1.54, 1.807) is 4.74 Å². The molecule has 0 aliphatic heterocycles. The summed E-state index contributed by atoms with van der Waals surface area (Å²) in [7, 11) is -6.67. The molecular formula is C11H10F13NO4S. The molecule has 0 saturated carbocycles. The minimum absolute atomic E-state index is 0.0937. The first-order valence-corrected chi connectivity index (χ1v) is 8.56. The zero-order chi connectivity index (χ0) is 24.4. The van der Waals surface area contributed by atoms with Gasteiger partial charge in [0.2, 0.25) is 0 Å². The number of rotatable bonds is 11. The summed E-state index contributed by atoms with van der Waals surface area (Å²) in [6.07, 6.45) is -25.9. The molecule has 0 spiro atoms. The largest absolute Gasteiger partial charge is 0.471 e. The Bertz CT molecular complexity index is 732. The summed E-state index contributed by atoms with van der Waals surface area (Å²) in [5.74, 6) is -7.43. The quantitative estimate of drug-likeness (QED) is 0.253. The van der Waals surface area contributed by atoms with E-state index in [4.69, 9.17) is 0 Å². The Kier molecular flexibility index (Phi) is 8.48. The van der Waals surface area contributed by atoms with Gasteiger partial charge < -0.3 is 4.74 Å². The minimum Gasteiger partial charge on any atom is -0.398 e. The molecule has 5 nitrogen and oxygen atoms in total. The molecule has 0 saturated heterocycles. The lowest BCUT2D eigenvalue weighted by Gasteiger charge is -2.36. The maximum Gasteiger partial charge on any atom is 0.471 e. The zero-order valence-corrected chi connectivity index (χ0v) is 14.9. The third-order valence-corrected chi connectivity index (χ3v) is 4.37. The molecule has 0 fully saturated rings. The van der Waals surface area contributed by atoms with Crippen molar-refractivity contribution in [1.82, 2.24) is 4.72 Å². The molecule has 0 aromatic heterocycles. The first-order chi connectivity index (χ1) is 13.1. The SMILES string of the molecule is CCCCNS(=O)(=O)C(F)(F)C(F)(F)OC(F)(C(F)(F)F)C(F)(F)OC(F)=C(F)F. The number of ether oxygens (including phenoxy) is 2. The Morgan fingerprint density at radius 2 is 1.33 bits per heavy atom. The van der Waals surface area contributed by atoms with Gasteiger partial charge in [-0.05, 0) is 6.42 Å². The normalized spacial score (nSPS) is 16.2. The van der Waals surface area contributed by atoms with Crippen molar-refractivity contribution >= 4 is 10.0 Å². The van der Waals surface area contributed by atoms with E-state index in [9.17, 15) is 65.5 Å². The van der Waals surface area contributed by atoms with Crippen LogP contribution >= 0.6 is 0 Å². The van der Waals surface area contributed by atoms with Crippen molar-refractivity contribution in [2.75, 3.05) is 6.54 Å². The van der Waals surface area contributed by atoms with E-state index < -0.39 is 58.2 Å². The number of sulfonamides is 1. The van der Waals surface area contributed by atoms with Crippen molar-refractivity contribution in [3.63, 3.8) is 0 Å². The Morgan fingerprint density at radius 1 is 0.867 bits per heavy atom. The van der Waals surface area contributed by atoms with Crippen LogP contribution in [0, 0.1) is 0 Å². The van der Waals surface area contributed by atoms with Gasteiger partial charge in [0.1, 0.15) is 0 Å². The second kappa shape index (κ2) is 8.93. The van der Waals surface area contributed by atoms with Gasteiger partial charge in [-0.3, -0.25) is 4.74 Å². The van der Waals surface area contributed by atoms with E-state index in [-0.39, 0.29) is 12.8 Å². The molecule has 0 aliphatic carbocycles. The lowest BCUT2D eigenvalue weighted by molar-refractivity contribution is -0.510. The van der Waals surface area contributed by atoms with Crippen LogP contribution in [0.15, 0.2) is 12.1 Å². The van der Waals surface area contributed by atoms with Gasteiger partial charge >= 0.3 is 41.6 Å². The van der Waals surface area contributed by atoms with Crippen molar-refractivity contribution in [1.29, 1.82) is 0 Å². The van der Waals surface area contributed by atoms with Crippen molar-refractivity contribution in [2.24, 2.45) is 0 Å². The average molecular weight is 499 g/mol. The van der Waals surface area contributed by atoms with Crippen LogP contribution in [0.25, 0.3) is 0 Å². The maximum atomic E-state index is 13.7. The molecule has 1 unspecified atom stereocenters. The molecule has 1 N–H and O–H groups in total. The van der Waals surface area contributed by atoms with Crippen LogP contribution in [0.3, 0.4) is 0 Å². The third kappa shape index (κ3) is 5.59. The van der Waals surface area contributed by atoms with Crippen LogP contribution in [-0.2, 0) is 19.5 Å². The lowest BCUT2D eigenvalue weighted by Crippen LogP contribution is -2.65. The average Bonchev–Trinajstić information content (AvgIpc) is 2.52. The Hall–Kier alpha value is -1.50. The second-order valence-corrected chi connectivity index (χ2v) is 6.94. The molecular weight excluding hydrogens is 489 g/mol. The molecule has 30 heavy (non-hydrogen) atoms. The van der Waals surface area contributed by atoms with Crippen LogP contribution in [0.1, 0.15) is 19.8 Å². The van der Waals surface area contributed by atoms with E-state index >= 15 is 0 Å². The predicted octanol–water partition coefficient (Wildman–Crippen LogP) is 4.78. The molecule has 0 aliphatic rings. The van der Waals surface area contributed by atoms with E-state index in [1.807, 2.05) is 4.74 Å². The summed E-state index contributed by atoms with van der Waals surface area (Å²) in [6, 6.07) is -3.90. The highest BCUT2D eigenvalue weighted by molar-refractivity contribution is 7.90. The molecule has 0 rings (SSSR count). The van der Waals surface area contributed by atoms with Gasteiger partial charge in [0, 0.05) is 6.54 Å². The monoisotopic (exact) mass is 499 g/mol. The summed E-state index contributed by atoms with van der Waals surface area (Å²) in [4.78, 5) is 0. The smallest absolute Gasteiger partial charge is 0.398 e. The zero-order valence-electron chi connectivity index (χ0n) is 14.1. The highest BCUT2D eigenvalue weighted by Crippen LogP contribution is 2.53.